The Kier molecular flexibility index (Phi) is 4.17. The van der Waals surface area contributed by atoms with Crippen LogP contribution in [0.2, 0.25) is 0 Å². The largest absolute Gasteiger partial charge is 0.368 e. The molecular weight excluding hydrogens is 373 g/mol. The van der Waals surface area contributed by atoms with Gasteiger partial charge in [-0.15, -0.1) is 0 Å². The van der Waals surface area contributed by atoms with Gasteiger partial charge in [0.2, 0.25) is 0 Å². The van der Waals surface area contributed by atoms with E-state index in [-0.39, 0.29) is 11.2 Å². The molecule has 1 fully saturated rings. The summed E-state index contributed by atoms with van der Waals surface area (Å²) in [6, 6.07) is 5.05. The van der Waals surface area contributed by atoms with Gasteiger partial charge in [0.05, 0.1) is 28.7 Å². The summed E-state index contributed by atoms with van der Waals surface area (Å²) in [7, 11) is 0. The summed E-state index contributed by atoms with van der Waals surface area (Å²) >= 11 is 0. The number of nitrogens with zero attached hydrogens (tertiary/aromatic N) is 4. The molecule has 1 aliphatic heterocycles. The molecule has 0 atom stereocenters. The first-order valence-corrected chi connectivity index (χ1v) is 9.48. The number of piperazine rings is 1. The Hall–Kier alpha value is -3.46. The minimum atomic E-state index is -0.536. The molecular formula is C20H20FN7O. The first-order chi connectivity index (χ1) is 14.1. The number of nitrogens with one attached hydrogen (secondary N) is 3. The number of aryl methyl sites for hydroxylation is 1. The summed E-state index contributed by atoms with van der Waals surface area (Å²) in [4.78, 5) is 19.2. The molecule has 5 rings (SSSR count). The molecule has 8 nitrogen and oxygen atoms in total. The number of halogens is 1. The number of aromatic nitrogens is 4. The van der Waals surface area contributed by atoms with Gasteiger partial charge in [0.25, 0.3) is 5.91 Å². The van der Waals surface area contributed by atoms with Gasteiger partial charge >= 0.3 is 0 Å². The van der Waals surface area contributed by atoms with Crippen LogP contribution in [0.3, 0.4) is 0 Å². The number of carbonyl (C=O) groups is 1. The smallest absolute Gasteiger partial charge is 0.257 e. The highest BCUT2D eigenvalue weighted by Crippen LogP contribution is 2.31. The average molecular weight is 393 g/mol. The summed E-state index contributed by atoms with van der Waals surface area (Å²) < 4.78 is 15.9. The average Bonchev–Trinajstić information content (AvgIpc) is 3.35. The van der Waals surface area contributed by atoms with Crippen molar-refractivity contribution < 1.29 is 9.18 Å². The molecule has 1 saturated heterocycles. The zero-order valence-corrected chi connectivity index (χ0v) is 15.9. The fourth-order valence-electron chi connectivity index (χ4n) is 3.80. The lowest BCUT2D eigenvalue weighted by Crippen LogP contribution is -2.43. The second kappa shape index (κ2) is 6.85. The number of carbonyl (C=O) groups excluding carboxylic acids is 1. The molecule has 4 aromatic rings. The van der Waals surface area contributed by atoms with E-state index in [2.05, 4.69) is 30.7 Å². The molecule has 0 spiro atoms. The van der Waals surface area contributed by atoms with Crippen molar-refractivity contribution in [1.82, 2.24) is 24.9 Å². The second-order valence-electron chi connectivity index (χ2n) is 7.17. The first-order valence-electron chi connectivity index (χ1n) is 9.48. The van der Waals surface area contributed by atoms with Crippen LogP contribution >= 0.6 is 0 Å². The van der Waals surface area contributed by atoms with Crippen molar-refractivity contribution in [3.8, 4) is 0 Å². The molecule has 0 bridgehead atoms. The Morgan fingerprint density at radius 3 is 2.90 bits per heavy atom. The molecule has 3 aromatic heterocycles. The monoisotopic (exact) mass is 393 g/mol. The second-order valence-corrected chi connectivity index (χ2v) is 7.17. The third-order valence-electron chi connectivity index (χ3n) is 5.19. The fourth-order valence-corrected chi connectivity index (χ4v) is 3.80. The van der Waals surface area contributed by atoms with Crippen molar-refractivity contribution in [3.63, 3.8) is 0 Å². The van der Waals surface area contributed by atoms with E-state index in [1.54, 1.807) is 25.5 Å². The molecule has 0 aliphatic carbocycles. The first kappa shape index (κ1) is 17.6. The minimum Gasteiger partial charge on any atom is -0.368 e. The molecule has 3 N–H and O–H groups in total. The summed E-state index contributed by atoms with van der Waals surface area (Å²) in [5, 5.41) is 14.3. The molecule has 0 radical (unpaired) electrons. The minimum absolute atomic E-state index is 0.204. The van der Waals surface area contributed by atoms with Gasteiger partial charge in [0, 0.05) is 49.6 Å². The number of pyridine rings is 1. The van der Waals surface area contributed by atoms with Crippen molar-refractivity contribution in [1.29, 1.82) is 0 Å². The predicted molar refractivity (Wildman–Crippen MR) is 109 cm³/mol. The van der Waals surface area contributed by atoms with E-state index in [9.17, 15) is 9.18 Å². The maximum absolute atomic E-state index is 14.3. The Bertz CT molecular complexity index is 1220. The highest BCUT2D eigenvalue weighted by Gasteiger charge is 2.18. The Morgan fingerprint density at radius 1 is 1.24 bits per heavy atom. The van der Waals surface area contributed by atoms with Crippen LogP contribution in [0.15, 0.2) is 36.8 Å². The molecule has 9 heteroatoms. The fraction of sp³-hybridized carbons (Fsp3) is 0.250. The number of fused-ring (bicyclic) bond motifs is 2. The molecule has 1 aliphatic rings. The van der Waals surface area contributed by atoms with E-state index in [1.165, 1.54) is 10.5 Å². The molecule has 1 aromatic carbocycles. The molecule has 1 amide bonds. The van der Waals surface area contributed by atoms with E-state index in [0.717, 1.165) is 42.8 Å². The van der Waals surface area contributed by atoms with Crippen LogP contribution < -0.4 is 15.5 Å². The summed E-state index contributed by atoms with van der Waals surface area (Å²) in [5.41, 5.74) is 3.53. The maximum atomic E-state index is 14.3. The van der Waals surface area contributed by atoms with Gasteiger partial charge in [-0.2, -0.15) is 5.10 Å². The highest BCUT2D eigenvalue weighted by atomic mass is 19.1. The number of hydrogen-bond donors (Lipinski definition) is 3. The van der Waals surface area contributed by atoms with Crippen molar-refractivity contribution in [2.45, 2.75) is 6.92 Å². The predicted octanol–water partition coefficient (Wildman–Crippen LogP) is 2.32. The van der Waals surface area contributed by atoms with Crippen LogP contribution in [-0.4, -0.2) is 51.7 Å². The van der Waals surface area contributed by atoms with Crippen LogP contribution in [0.1, 0.15) is 16.1 Å². The Morgan fingerprint density at radius 2 is 2.07 bits per heavy atom. The van der Waals surface area contributed by atoms with Crippen molar-refractivity contribution in [3.05, 3.63) is 53.9 Å². The lowest BCUT2D eigenvalue weighted by molar-refractivity contribution is 0.102. The lowest BCUT2D eigenvalue weighted by atomic mass is 10.1. The molecule has 148 valence electrons. The molecule has 0 unspecified atom stereocenters. The van der Waals surface area contributed by atoms with Gasteiger partial charge in [-0.3, -0.25) is 9.89 Å². The number of aromatic amines is 1. The lowest BCUT2D eigenvalue weighted by Gasteiger charge is -2.30. The van der Waals surface area contributed by atoms with Crippen LogP contribution in [0.25, 0.3) is 16.6 Å². The standard InChI is InChI=1S/C20H20FN7O/c1-12-10-28-11-13(8-15(21)19(28)24-12)20(29)25-16-2-3-17(14-9-23-26-18(14)16)27-6-4-22-5-7-27/h2-3,8-11,22H,4-7H2,1H3,(H,23,26)(H,25,29). The van der Waals surface area contributed by atoms with E-state index in [0.29, 0.717) is 11.4 Å². The third-order valence-corrected chi connectivity index (χ3v) is 5.19. The number of hydrogen-bond acceptors (Lipinski definition) is 5. The summed E-state index contributed by atoms with van der Waals surface area (Å²) in [6.07, 6.45) is 5.03. The van der Waals surface area contributed by atoms with Gasteiger partial charge in [0.1, 0.15) is 0 Å². The summed E-state index contributed by atoms with van der Waals surface area (Å²) in [6.45, 7) is 5.46. The maximum Gasteiger partial charge on any atom is 0.257 e. The van der Waals surface area contributed by atoms with Gasteiger partial charge in [-0.1, -0.05) is 0 Å². The summed E-state index contributed by atoms with van der Waals surface area (Å²) in [5.74, 6) is -0.936. The van der Waals surface area contributed by atoms with Gasteiger partial charge in [-0.05, 0) is 25.1 Å². The number of benzene rings is 1. The number of H-pyrrole nitrogens is 1. The number of imidazole rings is 1. The highest BCUT2D eigenvalue weighted by molar-refractivity contribution is 6.10. The van der Waals surface area contributed by atoms with Gasteiger partial charge in [-0.25, -0.2) is 9.37 Å². The van der Waals surface area contributed by atoms with Crippen LogP contribution in [0, 0.1) is 12.7 Å². The molecule has 0 saturated carbocycles. The van der Waals surface area contributed by atoms with Crippen LogP contribution in [0.5, 0.6) is 0 Å². The van der Waals surface area contributed by atoms with Crippen LogP contribution in [-0.2, 0) is 0 Å². The third kappa shape index (κ3) is 3.09. The Labute approximate surface area is 165 Å². The van der Waals surface area contributed by atoms with E-state index >= 15 is 0 Å². The van der Waals surface area contributed by atoms with Gasteiger partial charge in [0.15, 0.2) is 11.5 Å². The van der Waals surface area contributed by atoms with Crippen molar-refractivity contribution in [2.75, 3.05) is 36.4 Å². The van der Waals surface area contributed by atoms with Crippen molar-refractivity contribution in [2.24, 2.45) is 0 Å². The van der Waals surface area contributed by atoms with E-state index in [4.69, 9.17) is 0 Å². The SMILES string of the molecule is Cc1cn2cc(C(=O)Nc3ccc(N4CCNCC4)c4cn[nH]c34)cc(F)c2n1. The quantitative estimate of drug-likeness (QED) is 0.497. The number of rotatable bonds is 3. The molecule has 29 heavy (non-hydrogen) atoms. The van der Waals surface area contributed by atoms with Crippen molar-refractivity contribution >= 4 is 33.8 Å². The zero-order chi connectivity index (χ0) is 20.0. The normalized spacial score (nSPS) is 14.6. The van der Waals surface area contributed by atoms with Crippen LogP contribution in [0.4, 0.5) is 15.8 Å². The Balaban J connectivity index is 1.47. The van der Waals surface area contributed by atoms with E-state index < -0.39 is 11.7 Å². The van der Waals surface area contributed by atoms with E-state index in [1.807, 2.05) is 12.1 Å². The zero-order valence-electron chi connectivity index (χ0n) is 15.9. The van der Waals surface area contributed by atoms with Gasteiger partial charge < -0.3 is 19.9 Å². The number of amides is 1. The number of anilines is 2. The topological polar surface area (TPSA) is 90.4 Å². The molecule has 4 heterocycles.